The summed E-state index contributed by atoms with van der Waals surface area (Å²) in [6, 6.07) is 6.33. The molecule has 1 heterocycles. The number of hydrogen-bond acceptors (Lipinski definition) is 6. The lowest BCUT2D eigenvalue weighted by atomic mass is 10.2. The van der Waals surface area contributed by atoms with Crippen molar-refractivity contribution in [3.63, 3.8) is 0 Å². The smallest absolute Gasteiger partial charge is 0.174 e. The molecule has 2 aromatic rings. The first-order valence-electron chi connectivity index (χ1n) is 6.71. The van der Waals surface area contributed by atoms with Crippen molar-refractivity contribution in [3.8, 4) is 0 Å². The molecule has 1 aromatic carbocycles. The number of benzene rings is 1. The van der Waals surface area contributed by atoms with Gasteiger partial charge in [0.2, 0.25) is 0 Å². The Morgan fingerprint density at radius 3 is 3.00 bits per heavy atom. The molecular weight excluding hydrogens is 370 g/mol. The molecule has 0 aliphatic heterocycles. The average molecular weight is 388 g/mol. The highest BCUT2D eigenvalue weighted by Crippen LogP contribution is 2.33. The van der Waals surface area contributed by atoms with E-state index in [4.69, 9.17) is 4.74 Å². The zero-order chi connectivity index (χ0) is 15.1. The van der Waals surface area contributed by atoms with Gasteiger partial charge in [0.1, 0.15) is 5.82 Å². The highest BCUT2D eigenvalue weighted by Gasteiger charge is 2.09. The van der Waals surface area contributed by atoms with Crippen LogP contribution in [-0.4, -0.2) is 29.6 Å². The summed E-state index contributed by atoms with van der Waals surface area (Å²) in [6.45, 7) is 4.45. The fraction of sp³-hybridized carbons (Fsp3) is 0.429. The molecule has 7 heteroatoms. The first kappa shape index (κ1) is 16.9. The molecule has 1 N–H and O–H groups in total. The third-order valence-electron chi connectivity index (χ3n) is 2.79. The average Bonchev–Trinajstić information content (AvgIpc) is 2.93. The van der Waals surface area contributed by atoms with Gasteiger partial charge >= 0.3 is 0 Å². The zero-order valence-corrected chi connectivity index (χ0v) is 15.3. The van der Waals surface area contributed by atoms with Crippen LogP contribution in [0, 0.1) is 0 Å². The fourth-order valence-corrected chi connectivity index (χ4v) is 4.02. The minimum absolute atomic E-state index is 0.718. The zero-order valence-electron chi connectivity index (χ0n) is 12.1. The maximum absolute atomic E-state index is 5.05. The van der Waals surface area contributed by atoms with E-state index in [9.17, 15) is 0 Å². The Morgan fingerprint density at radius 1 is 1.43 bits per heavy atom. The number of halogens is 1. The molecule has 0 atom stereocenters. The van der Waals surface area contributed by atoms with E-state index in [1.165, 1.54) is 22.0 Å². The van der Waals surface area contributed by atoms with Crippen LogP contribution in [0.15, 0.2) is 31.9 Å². The highest BCUT2D eigenvalue weighted by molar-refractivity contribution is 9.10. The summed E-state index contributed by atoms with van der Waals surface area (Å²) in [5, 5.41) is 3.38. The normalized spacial score (nSPS) is 11.0. The maximum Gasteiger partial charge on any atom is 0.174 e. The fourth-order valence-electron chi connectivity index (χ4n) is 1.68. The molecule has 0 unspecified atom stereocenters. The van der Waals surface area contributed by atoms with Crippen LogP contribution in [0.25, 0.3) is 0 Å². The predicted octanol–water partition coefficient (Wildman–Crippen LogP) is 3.75. The molecule has 2 rings (SSSR count). The SMILES string of the molecule is CCc1nsc(Sc2cc(Br)ccc2CNCCOC)n1. The second kappa shape index (κ2) is 8.85. The van der Waals surface area contributed by atoms with Gasteiger partial charge in [-0.2, -0.15) is 4.37 Å². The quantitative estimate of drug-likeness (QED) is 0.698. The van der Waals surface area contributed by atoms with Crippen LogP contribution in [0.2, 0.25) is 0 Å². The number of nitrogens with zero attached hydrogens (tertiary/aromatic N) is 2. The third-order valence-corrected chi connectivity index (χ3v) is 5.17. The van der Waals surface area contributed by atoms with E-state index in [1.54, 1.807) is 18.9 Å². The van der Waals surface area contributed by atoms with Crippen LogP contribution in [0.1, 0.15) is 18.3 Å². The largest absolute Gasteiger partial charge is 0.383 e. The van der Waals surface area contributed by atoms with Crippen LogP contribution < -0.4 is 5.32 Å². The van der Waals surface area contributed by atoms with Gasteiger partial charge in [-0.15, -0.1) is 0 Å². The van der Waals surface area contributed by atoms with Crippen LogP contribution in [0.5, 0.6) is 0 Å². The van der Waals surface area contributed by atoms with Crippen molar-refractivity contribution in [2.24, 2.45) is 0 Å². The van der Waals surface area contributed by atoms with Crippen LogP contribution in [0.4, 0.5) is 0 Å². The minimum Gasteiger partial charge on any atom is -0.383 e. The van der Waals surface area contributed by atoms with Gasteiger partial charge in [0.15, 0.2) is 4.34 Å². The summed E-state index contributed by atoms with van der Waals surface area (Å²) in [4.78, 5) is 5.72. The first-order valence-corrected chi connectivity index (χ1v) is 9.09. The Hall–Kier alpha value is -0.470. The molecule has 0 fully saturated rings. The summed E-state index contributed by atoms with van der Waals surface area (Å²) in [6.07, 6.45) is 0.876. The summed E-state index contributed by atoms with van der Waals surface area (Å²) in [7, 11) is 1.71. The molecule has 21 heavy (non-hydrogen) atoms. The van der Waals surface area contributed by atoms with E-state index in [0.29, 0.717) is 0 Å². The monoisotopic (exact) mass is 387 g/mol. The molecular formula is C14H18BrN3OS2. The molecule has 114 valence electrons. The lowest BCUT2D eigenvalue weighted by molar-refractivity contribution is 0.199. The molecule has 0 radical (unpaired) electrons. The topological polar surface area (TPSA) is 47.0 Å². The number of aromatic nitrogens is 2. The van der Waals surface area contributed by atoms with Crippen LogP contribution in [-0.2, 0) is 17.7 Å². The number of hydrogen-bond donors (Lipinski definition) is 1. The molecule has 0 saturated heterocycles. The highest BCUT2D eigenvalue weighted by atomic mass is 79.9. The van der Waals surface area contributed by atoms with Crippen molar-refractivity contribution in [1.82, 2.24) is 14.7 Å². The summed E-state index contributed by atoms with van der Waals surface area (Å²) >= 11 is 6.67. The molecule has 0 bridgehead atoms. The molecule has 0 amide bonds. The van der Waals surface area contributed by atoms with E-state index < -0.39 is 0 Å². The maximum atomic E-state index is 5.05. The van der Waals surface area contributed by atoms with Gasteiger partial charge in [-0.1, -0.05) is 40.7 Å². The second-order valence-corrected chi connectivity index (χ2v) is 7.31. The Morgan fingerprint density at radius 2 is 2.29 bits per heavy atom. The van der Waals surface area contributed by atoms with Crippen LogP contribution in [0.3, 0.4) is 0 Å². The molecule has 4 nitrogen and oxygen atoms in total. The second-order valence-electron chi connectivity index (χ2n) is 4.35. The first-order chi connectivity index (χ1) is 10.2. The van der Waals surface area contributed by atoms with Crippen molar-refractivity contribution in [2.45, 2.75) is 29.1 Å². The Balaban J connectivity index is 2.07. The lowest BCUT2D eigenvalue weighted by Crippen LogP contribution is -2.18. The lowest BCUT2D eigenvalue weighted by Gasteiger charge is -2.09. The van der Waals surface area contributed by atoms with Crippen LogP contribution >= 0.6 is 39.2 Å². The van der Waals surface area contributed by atoms with Gasteiger partial charge < -0.3 is 10.1 Å². The van der Waals surface area contributed by atoms with Gasteiger partial charge in [0.05, 0.1) is 6.61 Å². The van der Waals surface area contributed by atoms with Crippen molar-refractivity contribution in [1.29, 1.82) is 0 Å². The molecule has 0 aliphatic rings. The Labute approximate surface area is 142 Å². The Bertz CT molecular complexity index is 577. The number of nitrogens with one attached hydrogen (secondary N) is 1. The van der Waals surface area contributed by atoms with Gasteiger partial charge in [-0.05, 0) is 29.2 Å². The van der Waals surface area contributed by atoms with Gasteiger partial charge in [0.25, 0.3) is 0 Å². The number of methoxy groups -OCH3 is 1. The van der Waals surface area contributed by atoms with Crippen molar-refractivity contribution in [3.05, 3.63) is 34.1 Å². The number of rotatable bonds is 8. The standard InChI is InChI=1S/C14H18BrN3OS2/c1-3-13-17-14(21-18-13)20-12-8-11(15)5-4-10(12)9-16-6-7-19-2/h4-5,8,16H,3,6-7,9H2,1-2H3. The molecule has 0 aliphatic carbocycles. The molecule has 0 saturated carbocycles. The summed E-state index contributed by atoms with van der Waals surface area (Å²) < 4.78 is 11.4. The summed E-state index contributed by atoms with van der Waals surface area (Å²) in [5.41, 5.74) is 1.26. The van der Waals surface area contributed by atoms with Gasteiger partial charge in [-0.25, -0.2) is 4.98 Å². The summed E-state index contributed by atoms with van der Waals surface area (Å²) in [5.74, 6) is 0.914. The van der Waals surface area contributed by atoms with Gasteiger partial charge in [0, 0.05) is 36.0 Å². The van der Waals surface area contributed by atoms with E-state index in [2.05, 4.69) is 55.7 Å². The molecule has 0 spiro atoms. The van der Waals surface area contributed by atoms with Crippen molar-refractivity contribution < 1.29 is 4.74 Å². The minimum atomic E-state index is 0.718. The third kappa shape index (κ3) is 5.34. The van der Waals surface area contributed by atoms with E-state index >= 15 is 0 Å². The van der Waals surface area contributed by atoms with E-state index in [-0.39, 0.29) is 0 Å². The Kier molecular flexibility index (Phi) is 7.12. The molecule has 1 aromatic heterocycles. The van der Waals surface area contributed by atoms with E-state index in [1.807, 2.05) is 0 Å². The van der Waals surface area contributed by atoms with E-state index in [0.717, 1.165) is 40.8 Å². The number of ether oxygens (including phenoxy) is 1. The van der Waals surface area contributed by atoms with Crippen molar-refractivity contribution in [2.75, 3.05) is 20.3 Å². The predicted molar refractivity (Wildman–Crippen MR) is 91.1 cm³/mol. The van der Waals surface area contributed by atoms with Crippen molar-refractivity contribution >= 4 is 39.2 Å². The number of aryl methyl sites for hydroxylation is 1. The van der Waals surface area contributed by atoms with Gasteiger partial charge in [-0.3, -0.25) is 0 Å².